The molecule has 0 spiro atoms. The van der Waals surface area contributed by atoms with Gasteiger partial charge < -0.3 is 14.8 Å². The van der Waals surface area contributed by atoms with Crippen LogP contribution in [0.1, 0.15) is 22.8 Å². The van der Waals surface area contributed by atoms with Gasteiger partial charge in [-0.2, -0.15) is 0 Å². The van der Waals surface area contributed by atoms with Gasteiger partial charge in [-0.3, -0.25) is 0 Å². The van der Waals surface area contributed by atoms with E-state index < -0.39 is 11.8 Å². The van der Waals surface area contributed by atoms with Gasteiger partial charge in [0.2, 0.25) is 0 Å². The highest BCUT2D eigenvalue weighted by atomic mass is 19.1. The Labute approximate surface area is 140 Å². The van der Waals surface area contributed by atoms with Gasteiger partial charge in [0.05, 0.1) is 7.11 Å². The van der Waals surface area contributed by atoms with Crippen molar-refractivity contribution in [2.45, 2.75) is 25.1 Å². The third kappa shape index (κ3) is 2.84. The second-order valence-electron chi connectivity index (χ2n) is 6.17. The molecule has 0 bridgehead atoms. The zero-order valence-corrected chi connectivity index (χ0v) is 14.0. The van der Waals surface area contributed by atoms with Crippen molar-refractivity contribution in [3.8, 4) is 11.5 Å². The molecule has 0 aliphatic heterocycles. The quantitative estimate of drug-likeness (QED) is 0.904. The Kier molecular flexibility index (Phi) is 4.45. The summed E-state index contributed by atoms with van der Waals surface area (Å²) in [6.07, 6.45) is -0.578. The SMILES string of the molecule is CNCC1(F)Cc2cc(OC)ccc2C1Oc1cccc(F)c1C. The van der Waals surface area contributed by atoms with Crippen LogP contribution in [0.4, 0.5) is 8.78 Å². The monoisotopic (exact) mass is 333 g/mol. The lowest BCUT2D eigenvalue weighted by molar-refractivity contribution is 0.0226. The van der Waals surface area contributed by atoms with E-state index in [0.29, 0.717) is 17.1 Å². The molecule has 3 nitrogen and oxygen atoms in total. The molecule has 2 atom stereocenters. The van der Waals surface area contributed by atoms with Crippen LogP contribution < -0.4 is 14.8 Å². The number of methoxy groups -OCH3 is 1. The van der Waals surface area contributed by atoms with E-state index in [2.05, 4.69) is 5.32 Å². The van der Waals surface area contributed by atoms with Crippen molar-refractivity contribution in [2.24, 2.45) is 0 Å². The molecule has 0 radical (unpaired) electrons. The van der Waals surface area contributed by atoms with Crippen molar-refractivity contribution in [3.63, 3.8) is 0 Å². The Bertz CT molecular complexity index is 750. The zero-order valence-electron chi connectivity index (χ0n) is 14.0. The average molecular weight is 333 g/mol. The van der Waals surface area contributed by atoms with Crippen LogP contribution in [-0.2, 0) is 6.42 Å². The van der Waals surface area contributed by atoms with Gasteiger partial charge >= 0.3 is 0 Å². The Morgan fingerprint density at radius 1 is 1.29 bits per heavy atom. The van der Waals surface area contributed by atoms with Gasteiger partial charge in [-0.05, 0) is 49.4 Å². The van der Waals surface area contributed by atoms with E-state index in [1.54, 1.807) is 39.3 Å². The number of halogens is 2. The van der Waals surface area contributed by atoms with Crippen LogP contribution in [0.15, 0.2) is 36.4 Å². The lowest BCUT2D eigenvalue weighted by Gasteiger charge is -2.29. The van der Waals surface area contributed by atoms with Gasteiger partial charge in [0.25, 0.3) is 0 Å². The summed E-state index contributed by atoms with van der Waals surface area (Å²) in [5.41, 5.74) is 0.400. The molecule has 0 amide bonds. The number of nitrogens with one attached hydrogen (secondary N) is 1. The van der Waals surface area contributed by atoms with Crippen LogP contribution in [0.5, 0.6) is 11.5 Å². The molecule has 0 saturated heterocycles. The molecule has 128 valence electrons. The number of benzene rings is 2. The smallest absolute Gasteiger partial charge is 0.168 e. The predicted octanol–water partition coefficient (Wildman–Crippen LogP) is 3.75. The Morgan fingerprint density at radius 3 is 2.79 bits per heavy atom. The first-order chi connectivity index (χ1) is 11.5. The lowest BCUT2D eigenvalue weighted by Crippen LogP contribution is -2.41. The molecular formula is C19H21F2NO2. The third-order valence-corrected chi connectivity index (χ3v) is 4.52. The number of fused-ring (bicyclic) bond motifs is 1. The molecule has 1 aliphatic rings. The standard InChI is InChI=1S/C19H21F2NO2/c1-12-16(20)5-4-6-17(12)24-18-15-8-7-14(23-3)9-13(15)10-19(18,21)11-22-2/h4-9,18,22H,10-11H2,1-3H3. The van der Waals surface area contributed by atoms with Gasteiger partial charge in [-0.15, -0.1) is 0 Å². The predicted molar refractivity (Wildman–Crippen MR) is 89.0 cm³/mol. The number of rotatable bonds is 5. The number of ether oxygens (including phenoxy) is 2. The Balaban J connectivity index is 2.01. The van der Waals surface area contributed by atoms with Crippen molar-refractivity contribution in [2.75, 3.05) is 20.7 Å². The summed E-state index contributed by atoms with van der Waals surface area (Å²) in [5, 5.41) is 2.90. The first-order valence-electron chi connectivity index (χ1n) is 7.90. The normalized spacial score (nSPS) is 22.3. The van der Waals surface area contributed by atoms with Crippen LogP contribution >= 0.6 is 0 Å². The molecule has 2 aromatic carbocycles. The molecule has 1 N–H and O–H groups in total. The van der Waals surface area contributed by atoms with Crippen LogP contribution in [0.25, 0.3) is 0 Å². The van der Waals surface area contributed by atoms with E-state index in [1.807, 2.05) is 12.1 Å². The van der Waals surface area contributed by atoms with Gasteiger partial charge in [0.1, 0.15) is 17.3 Å². The van der Waals surface area contributed by atoms with Crippen molar-refractivity contribution in [1.82, 2.24) is 5.32 Å². The van der Waals surface area contributed by atoms with E-state index in [9.17, 15) is 4.39 Å². The number of hydrogen-bond donors (Lipinski definition) is 1. The molecule has 0 fully saturated rings. The van der Waals surface area contributed by atoms with Crippen molar-refractivity contribution < 1.29 is 18.3 Å². The molecule has 0 aromatic heterocycles. The molecule has 5 heteroatoms. The lowest BCUT2D eigenvalue weighted by atomic mass is 9.99. The summed E-state index contributed by atoms with van der Waals surface area (Å²) in [7, 11) is 3.28. The highest BCUT2D eigenvalue weighted by Gasteiger charge is 2.48. The highest BCUT2D eigenvalue weighted by molar-refractivity contribution is 5.45. The number of alkyl halides is 1. The molecule has 1 aliphatic carbocycles. The third-order valence-electron chi connectivity index (χ3n) is 4.52. The van der Waals surface area contributed by atoms with E-state index >= 15 is 4.39 Å². The Morgan fingerprint density at radius 2 is 2.08 bits per heavy atom. The Hall–Kier alpha value is -2.14. The first kappa shape index (κ1) is 16.7. The van der Waals surface area contributed by atoms with Crippen molar-refractivity contribution in [3.05, 3.63) is 58.9 Å². The second kappa shape index (κ2) is 6.40. The fourth-order valence-corrected chi connectivity index (χ4v) is 3.27. The average Bonchev–Trinajstić information content (AvgIpc) is 2.83. The van der Waals surface area contributed by atoms with Gasteiger partial charge in [-0.25, -0.2) is 8.78 Å². The fourth-order valence-electron chi connectivity index (χ4n) is 3.27. The van der Waals surface area contributed by atoms with E-state index in [4.69, 9.17) is 9.47 Å². The van der Waals surface area contributed by atoms with Crippen LogP contribution in [0, 0.1) is 12.7 Å². The summed E-state index contributed by atoms with van der Waals surface area (Å²) in [6.45, 7) is 1.77. The summed E-state index contributed by atoms with van der Waals surface area (Å²) >= 11 is 0. The second-order valence-corrected chi connectivity index (χ2v) is 6.17. The maximum absolute atomic E-state index is 15.6. The topological polar surface area (TPSA) is 30.5 Å². The summed E-state index contributed by atoms with van der Waals surface area (Å²) in [5.74, 6) is 0.684. The highest BCUT2D eigenvalue weighted by Crippen LogP contribution is 2.46. The van der Waals surface area contributed by atoms with Crippen LogP contribution in [-0.4, -0.2) is 26.4 Å². The minimum absolute atomic E-state index is 0.142. The minimum atomic E-state index is -1.61. The molecule has 2 unspecified atom stereocenters. The van der Waals surface area contributed by atoms with Gasteiger partial charge in [-0.1, -0.05) is 12.1 Å². The van der Waals surface area contributed by atoms with Crippen molar-refractivity contribution >= 4 is 0 Å². The summed E-state index contributed by atoms with van der Waals surface area (Å²) in [4.78, 5) is 0. The van der Waals surface area contributed by atoms with Crippen LogP contribution in [0.2, 0.25) is 0 Å². The van der Waals surface area contributed by atoms with E-state index in [-0.39, 0.29) is 18.8 Å². The van der Waals surface area contributed by atoms with Gasteiger partial charge in [0.15, 0.2) is 11.8 Å². The fraction of sp³-hybridized carbons (Fsp3) is 0.368. The van der Waals surface area contributed by atoms with E-state index in [1.165, 1.54) is 6.07 Å². The molecule has 24 heavy (non-hydrogen) atoms. The maximum atomic E-state index is 15.6. The summed E-state index contributed by atoms with van der Waals surface area (Å²) < 4.78 is 40.6. The molecule has 0 heterocycles. The molecular weight excluding hydrogens is 312 g/mol. The first-order valence-corrected chi connectivity index (χ1v) is 7.90. The summed E-state index contributed by atoms with van der Waals surface area (Å²) in [6, 6.07) is 10.1. The zero-order chi connectivity index (χ0) is 17.3. The molecule has 0 saturated carbocycles. The molecule has 2 aromatic rings. The van der Waals surface area contributed by atoms with E-state index in [0.717, 1.165) is 11.1 Å². The van der Waals surface area contributed by atoms with Crippen molar-refractivity contribution in [1.29, 1.82) is 0 Å². The largest absolute Gasteiger partial charge is 0.497 e. The van der Waals surface area contributed by atoms with Crippen LogP contribution in [0.3, 0.4) is 0 Å². The van der Waals surface area contributed by atoms with Gasteiger partial charge in [0, 0.05) is 18.5 Å². The maximum Gasteiger partial charge on any atom is 0.168 e. The minimum Gasteiger partial charge on any atom is -0.497 e. The number of hydrogen-bond acceptors (Lipinski definition) is 3. The molecule has 3 rings (SSSR count).